The molecule has 0 aliphatic carbocycles. The van der Waals surface area contributed by atoms with Crippen LogP contribution in [0.4, 0.5) is 0 Å². The lowest BCUT2D eigenvalue weighted by Crippen LogP contribution is -2.59. The van der Waals surface area contributed by atoms with E-state index < -0.39 is 66.2 Å². The van der Waals surface area contributed by atoms with E-state index >= 15 is 0 Å². The van der Waals surface area contributed by atoms with Gasteiger partial charge in [0.25, 0.3) is 0 Å². The van der Waals surface area contributed by atoms with E-state index in [2.05, 4.69) is 20.9 Å². The number of carbonyl (C=O) groups is 5. The van der Waals surface area contributed by atoms with Crippen LogP contribution in [0.3, 0.4) is 0 Å². The first-order chi connectivity index (χ1) is 15.7. The number of nitrogens with one attached hydrogen (secondary N) is 3. The summed E-state index contributed by atoms with van der Waals surface area (Å²) in [5.74, 6) is -5.94. The molecule has 34 heavy (non-hydrogen) atoms. The average molecular weight is 488 g/mol. The van der Waals surface area contributed by atoms with Gasteiger partial charge in [-0.3, -0.25) is 24.2 Å². The number of nitrogens with two attached hydrogens (primary N) is 3. The highest BCUT2D eigenvalue weighted by atomic mass is 16.4. The molecule has 0 heterocycles. The maximum Gasteiger partial charge on any atom is 0.326 e. The number of hydrogen-bond acceptors (Lipinski definition) is 7. The molecule has 4 unspecified atom stereocenters. The second-order valence-electron chi connectivity index (χ2n) is 8.51. The van der Waals surface area contributed by atoms with Gasteiger partial charge in [0.15, 0.2) is 5.96 Å². The average Bonchev–Trinajstić information content (AvgIpc) is 2.71. The Balaban J connectivity index is 5.39. The molecule has 14 nitrogen and oxygen atoms in total. The lowest BCUT2D eigenvalue weighted by molar-refractivity contribution is -0.143. The van der Waals surface area contributed by atoms with E-state index in [4.69, 9.17) is 22.3 Å². The van der Waals surface area contributed by atoms with Gasteiger partial charge in [-0.15, -0.1) is 0 Å². The summed E-state index contributed by atoms with van der Waals surface area (Å²) in [6, 6.07) is -4.92. The Kier molecular flexibility index (Phi) is 13.2. The van der Waals surface area contributed by atoms with Crippen LogP contribution in [0.2, 0.25) is 0 Å². The van der Waals surface area contributed by atoms with Gasteiger partial charge >= 0.3 is 11.9 Å². The summed E-state index contributed by atoms with van der Waals surface area (Å²) in [6.45, 7) is 6.76. The molecule has 0 aliphatic rings. The van der Waals surface area contributed by atoms with E-state index in [9.17, 15) is 29.1 Å². The molecule has 0 aromatic heterocycles. The van der Waals surface area contributed by atoms with E-state index in [-0.39, 0.29) is 31.3 Å². The number of carbonyl (C=O) groups excluding carboxylic acids is 3. The van der Waals surface area contributed by atoms with E-state index in [0.717, 1.165) is 0 Å². The second kappa shape index (κ2) is 14.7. The maximum atomic E-state index is 12.8. The summed E-state index contributed by atoms with van der Waals surface area (Å²) in [5.41, 5.74) is 16.2. The van der Waals surface area contributed by atoms with Crippen molar-refractivity contribution in [3.63, 3.8) is 0 Å². The van der Waals surface area contributed by atoms with Gasteiger partial charge in [0.05, 0.1) is 12.5 Å². The largest absolute Gasteiger partial charge is 0.481 e. The number of aliphatic imine (C=N–C) groups is 1. The zero-order valence-electron chi connectivity index (χ0n) is 19.9. The molecule has 0 rings (SSSR count). The third-order valence-electron chi connectivity index (χ3n) is 4.84. The highest BCUT2D eigenvalue weighted by molar-refractivity contribution is 5.95. The van der Waals surface area contributed by atoms with Crippen molar-refractivity contribution in [1.29, 1.82) is 0 Å². The molecule has 0 aromatic rings. The number of hydrogen-bond donors (Lipinski definition) is 8. The molecular formula is C20H37N7O7. The molecule has 194 valence electrons. The van der Waals surface area contributed by atoms with Gasteiger partial charge in [-0.05, 0) is 24.7 Å². The van der Waals surface area contributed by atoms with Crippen LogP contribution in [-0.4, -0.2) is 76.5 Å². The Labute approximate surface area is 198 Å². The topological polar surface area (TPSA) is 252 Å². The van der Waals surface area contributed by atoms with Crippen molar-refractivity contribution in [1.82, 2.24) is 16.0 Å². The van der Waals surface area contributed by atoms with Crippen LogP contribution in [-0.2, 0) is 24.0 Å². The van der Waals surface area contributed by atoms with Crippen LogP contribution < -0.4 is 33.2 Å². The zero-order chi connectivity index (χ0) is 26.6. The standard InChI is InChI=1S/C20H37N7O7/c1-9(2)14(21)17(31)26-12(8-13(28)29)16(30)27-15(10(3)4)18(32)25-11(19(33)34)6-5-7-24-20(22)23/h9-12,14-15H,5-8,21H2,1-4H3,(H,25,32)(H,26,31)(H,27,30)(H,28,29)(H,33,34)(H4,22,23,24). The minimum Gasteiger partial charge on any atom is -0.481 e. The first-order valence-electron chi connectivity index (χ1n) is 10.8. The van der Waals surface area contributed by atoms with Gasteiger partial charge in [0.1, 0.15) is 18.1 Å². The lowest BCUT2D eigenvalue weighted by Gasteiger charge is -2.27. The molecule has 0 spiro atoms. The zero-order valence-corrected chi connectivity index (χ0v) is 19.9. The first kappa shape index (κ1) is 30.6. The van der Waals surface area contributed by atoms with Gasteiger partial charge in [0, 0.05) is 6.54 Å². The number of nitrogens with zero attached hydrogens (tertiary/aromatic N) is 1. The normalized spacial score (nSPS) is 14.4. The number of carboxylic acids is 2. The van der Waals surface area contributed by atoms with E-state index in [1.165, 1.54) is 0 Å². The third kappa shape index (κ3) is 11.4. The van der Waals surface area contributed by atoms with Crippen LogP contribution in [0.15, 0.2) is 4.99 Å². The Morgan fingerprint density at radius 3 is 1.82 bits per heavy atom. The van der Waals surface area contributed by atoms with Crippen molar-refractivity contribution < 1.29 is 34.2 Å². The highest BCUT2D eigenvalue weighted by Crippen LogP contribution is 2.07. The molecule has 14 heteroatoms. The van der Waals surface area contributed by atoms with Gasteiger partial charge < -0.3 is 43.4 Å². The van der Waals surface area contributed by atoms with Crippen LogP contribution in [0, 0.1) is 11.8 Å². The third-order valence-corrected chi connectivity index (χ3v) is 4.84. The number of aliphatic carboxylic acids is 2. The fraction of sp³-hybridized carbons (Fsp3) is 0.700. The Morgan fingerprint density at radius 1 is 0.824 bits per heavy atom. The number of carboxylic acid groups (broad SMARTS) is 2. The fourth-order valence-electron chi connectivity index (χ4n) is 2.77. The summed E-state index contributed by atoms with van der Waals surface area (Å²) >= 11 is 0. The van der Waals surface area contributed by atoms with Crippen LogP contribution in [0.25, 0.3) is 0 Å². The second-order valence-corrected chi connectivity index (χ2v) is 8.51. The summed E-state index contributed by atoms with van der Waals surface area (Å²) in [5, 5.41) is 25.6. The molecule has 0 fully saturated rings. The fourth-order valence-corrected chi connectivity index (χ4v) is 2.77. The van der Waals surface area contributed by atoms with Crippen LogP contribution >= 0.6 is 0 Å². The van der Waals surface area contributed by atoms with Crippen molar-refractivity contribution in [3.8, 4) is 0 Å². The van der Waals surface area contributed by atoms with Gasteiger partial charge in [0.2, 0.25) is 17.7 Å². The smallest absolute Gasteiger partial charge is 0.326 e. The van der Waals surface area contributed by atoms with Gasteiger partial charge in [-0.2, -0.15) is 0 Å². The molecule has 0 aromatic carbocycles. The van der Waals surface area contributed by atoms with Crippen molar-refractivity contribution in [3.05, 3.63) is 0 Å². The highest BCUT2D eigenvalue weighted by Gasteiger charge is 2.33. The number of amides is 3. The molecule has 0 bridgehead atoms. The molecule has 11 N–H and O–H groups in total. The Hall–Kier alpha value is -3.42. The van der Waals surface area contributed by atoms with Gasteiger partial charge in [-0.25, -0.2) is 4.79 Å². The predicted molar refractivity (Wildman–Crippen MR) is 123 cm³/mol. The Bertz CT molecular complexity index is 766. The molecule has 0 saturated carbocycles. The summed E-state index contributed by atoms with van der Waals surface area (Å²) in [6.07, 6.45) is -0.435. The van der Waals surface area contributed by atoms with Crippen molar-refractivity contribution in [2.24, 2.45) is 34.0 Å². The summed E-state index contributed by atoms with van der Waals surface area (Å²) in [4.78, 5) is 64.2. The molecule has 0 saturated heterocycles. The predicted octanol–water partition coefficient (Wildman–Crippen LogP) is -2.31. The van der Waals surface area contributed by atoms with Crippen molar-refractivity contribution in [2.75, 3.05) is 6.54 Å². The van der Waals surface area contributed by atoms with E-state index in [1.54, 1.807) is 27.7 Å². The minimum absolute atomic E-state index is 0.0292. The SMILES string of the molecule is CC(C)C(N)C(=O)NC(CC(=O)O)C(=O)NC(C(=O)NC(CCCN=C(N)N)C(=O)O)C(C)C. The lowest BCUT2D eigenvalue weighted by atomic mass is 10.0. The number of rotatable bonds is 15. The first-order valence-corrected chi connectivity index (χ1v) is 10.8. The van der Waals surface area contributed by atoms with Crippen LogP contribution in [0.5, 0.6) is 0 Å². The van der Waals surface area contributed by atoms with Crippen LogP contribution in [0.1, 0.15) is 47.0 Å². The van der Waals surface area contributed by atoms with E-state index in [0.29, 0.717) is 0 Å². The summed E-state index contributed by atoms with van der Waals surface area (Å²) in [7, 11) is 0. The van der Waals surface area contributed by atoms with Crippen molar-refractivity contribution >= 4 is 35.6 Å². The van der Waals surface area contributed by atoms with Gasteiger partial charge in [-0.1, -0.05) is 27.7 Å². The molecule has 3 amide bonds. The van der Waals surface area contributed by atoms with E-state index in [1.807, 2.05) is 0 Å². The van der Waals surface area contributed by atoms with Crippen molar-refractivity contribution in [2.45, 2.75) is 71.1 Å². The molecular weight excluding hydrogens is 450 g/mol. The molecule has 0 radical (unpaired) electrons. The molecule has 4 atom stereocenters. The quantitative estimate of drug-likeness (QED) is 0.0695. The minimum atomic E-state index is -1.49. The Morgan fingerprint density at radius 2 is 1.38 bits per heavy atom. The summed E-state index contributed by atoms with van der Waals surface area (Å²) < 4.78 is 0. The maximum absolute atomic E-state index is 12.8. The monoisotopic (exact) mass is 487 g/mol. The number of guanidine groups is 1. The molecule has 0 aliphatic heterocycles.